The number of amides is 1. The topological polar surface area (TPSA) is 77.1 Å². The number of benzene rings is 1. The SMILES string of the molecule is CCN(c1cc(Cl)cc(C(=O)NCCc2ncnc3[nH]ccc23)c1C)C1CCC(N(C)C)CC1. The molecule has 1 aliphatic rings. The van der Waals surface area contributed by atoms with E-state index in [-0.39, 0.29) is 5.91 Å². The second-order valence-electron chi connectivity index (χ2n) is 9.38. The highest BCUT2D eigenvalue weighted by atomic mass is 35.5. The molecular formula is C26H35ClN6O. The minimum absolute atomic E-state index is 0.104. The number of H-pyrrole nitrogens is 1. The van der Waals surface area contributed by atoms with Gasteiger partial charge >= 0.3 is 0 Å². The van der Waals surface area contributed by atoms with Gasteiger partial charge in [-0.15, -0.1) is 0 Å². The number of anilines is 1. The van der Waals surface area contributed by atoms with Crippen LogP contribution in [-0.2, 0) is 6.42 Å². The van der Waals surface area contributed by atoms with Crippen molar-refractivity contribution >= 4 is 34.2 Å². The Labute approximate surface area is 206 Å². The molecule has 0 atom stereocenters. The van der Waals surface area contributed by atoms with E-state index >= 15 is 0 Å². The third-order valence-corrected chi connectivity index (χ3v) is 7.38. The van der Waals surface area contributed by atoms with Gasteiger partial charge in [0.2, 0.25) is 0 Å². The first-order chi connectivity index (χ1) is 16.4. The zero-order chi connectivity index (χ0) is 24.2. The molecule has 8 heteroatoms. The molecule has 4 rings (SSSR count). The van der Waals surface area contributed by atoms with Crippen LogP contribution in [0.25, 0.3) is 11.0 Å². The van der Waals surface area contributed by atoms with E-state index < -0.39 is 0 Å². The van der Waals surface area contributed by atoms with Crippen molar-refractivity contribution in [3.8, 4) is 0 Å². The number of carbonyl (C=O) groups is 1. The molecule has 0 unspecified atom stereocenters. The highest BCUT2D eigenvalue weighted by Crippen LogP contribution is 2.34. The molecule has 1 amide bonds. The lowest BCUT2D eigenvalue weighted by atomic mass is 9.89. The number of aromatic amines is 1. The van der Waals surface area contributed by atoms with Crippen molar-refractivity contribution in [1.82, 2.24) is 25.2 Å². The number of carbonyl (C=O) groups excluding carboxylic acids is 1. The standard InChI is InChI=1S/C26H35ClN6O/c1-5-33(20-8-6-19(7-9-20)32(3)4)24-15-18(27)14-22(17(24)2)26(34)29-13-11-23-21-10-12-28-25(21)31-16-30-23/h10,12,14-16,19-20H,5-9,11,13H2,1-4H3,(H,29,34)(H,28,30,31). The smallest absolute Gasteiger partial charge is 0.251 e. The Balaban J connectivity index is 1.46. The molecule has 3 aromatic rings. The third-order valence-electron chi connectivity index (χ3n) is 7.16. The number of aromatic nitrogens is 3. The van der Waals surface area contributed by atoms with Crippen molar-refractivity contribution < 1.29 is 4.79 Å². The maximum Gasteiger partial charge on any atom is 0.251 e. The van der Waals surface area contributed by atoms with E-state index in [1.165, 1.54) is 12.8 Å². The van der Waals surface area contributed by atoms with Gasteiger partial charge in [-0.25, -0.2) is 9.97 Å². The number of nitrogens with zero attached hydrogens (tertiary/aromatic N) is 4. The van der Waals surface area contributed by atoms with Crippen molar-refractivity contribution in [2.45, 2.75) is 58.0 Å². The van der Waals surface area contributed by atoms with E-state index in [1.54, 1.807) is 12.4 Å². The largest absolute Gasteiger partial charge is 0.369 e. The summed E-state index contributed by atoms with van der Waals surface area (Å²) in [5.41, 5.74) is 4.41. The van der Waals surface area contributed by atoms with Crippen molar-refractivity contribution in [2.24, 2.45) is 0 Å². The summed E-state index contributed by atoms with van der Waals surface area (Å²) < 4.78 is 0. The number of hydrogen-bond donors (Lipinski definition) is 2. The van der Waals surface area contributed by atoms with Crippen LogP contribution in [0.2, 0.25) is 5.02 Å². The predicted molar refractivity (Wildman–Crippen MR) is 139 cm³/mol. The zero-order valence-electron chi connectivity index (χ0n) is 20.6. The summed E-state index contributed by atoms with van der Waals surface area (Å²) in [5, 5.41) is 4.64. The number of hydrogen-bond acceptors (Lipinski definition) is 5. The summed E-state index contributed by atoms with van der Waals surface area (Å²) in [4.78, 5) is 29.6. The number of rotatable bonds is 8. The molecule has 1 fully saturated rings. The molecule has 1 saturated carbocycles. The van der Waals surface area contributed by atoms with Crippen LogP contribution in [0.5, 0.6) is 0 Å². The summed E-state index contributed by atoms with van der Waals surface area (Å²) in [5.74, 6) is -0.104. The highest BCUT2D eigenvalue weighted by Gasteiger charge is 2.28. The first kappa shape index (κ1) is 24.5. The Morgan fingerprint density at radius 1 is 1.18 bits per heavy atom. The van der Waals surface area contributed by atoms with Crippen molar-refractivity contribution in [3.05, 3.63) is 52.6 Å². The summed E-state index contributed by atoms with van der Waals surface area (Å²) in [6.45, 7) is 5.59. The Morgan fingerprint density at radius 2 is 1.91 bits per heavy atom. The van der Waals surface area contributed by atoms with E-state index in [1.807, 2.05) is 25.3 Å². The van der Waals surface area contributed by atoms with Crippen LogP contribution in [0.1, 0.15) is 54.2 Å². The molecule has 2 heterocycles. The number of fused-ring (bicyclic) bond motifs is 1. The lowest BCUT2D eigenvalue weighted by Crippen LogP contribution is -2.42. The van der Waals surface area contributed by atoms with E-state index in [2.05, 4.69) is 51.1 Å². The summed E-state index contributed by atoms with van der Waals surface area (Å²) >= 11 is 6.52. The molecule has 0 aliphatic heterocycles. The van der Waals surface area contributed by atoms with E-state index in [0.717, 1.165) is 47.4 Å². The van der Waals surface area contributed by atoms with Gasteiger partial charge < -0.3 is 20.1 Å². The maximum atomic E-state index is 13.1. The third kappa shape index (κ3) is 5.20. The molecule has 0 radical (unpaired) electrons. The first-order valence-electron chi connectivity index (χ1n) is 12.2. The van der Waals surface area contributed by atoms with Crippen molar-refractivity contribution in [2.75, 3.05) is 32.1 Å². The molecule has 1 aromatic carbocycles. The number of halogens is 1. The minimum Gasteiger partial charge on any atom is -0.369 e. The van der Waals surface area contributed by atoms with Gasteiger partial charge in [0.25, 0.3) is 5.91 Å². The molecule has 0 spiro atoms. The van der Waals surface area contributed by atoms with Gasteiger partial charge in [-0.1, -0.05) is 11.6 Å². The second kappa shape index (κ2) is 10.7. The monoisotopic (exact) mass is 482 g/mol. The maximum absolute atomic E-state index is 13.1. The van der Waals surface area contributed by atoms with Crippen molar-refractivity contribution in [3.63, 3.8) is 0 Å². The fourth-order valence-corrected chi connectivity index (χ4v) is 5.44. The molecule has 0 bridgehead atoms. The van der Waals surface area contributed by atoms with Crippen LogP contribution in [-0.4, -0.2) is 65.0 Å². The first-order valence-corrected chi connectivity index (χ1v) is 12.5. The van der Waals surface area contributed by atoms with Crippen LogP contribution in [0.3, 0.4) is 0 Å². The quantitative estimate of drug-likeness (QED) is 0.491. The van der Waals surface area contributed by atoms with Crippen LogP contribution >= 0.6 is 11.6 Å². The molecular weight excluding hydrogens is 448 g/mol. The second-order valence-corrected chi connectivity index (χ2v) is 9.81. The average molecular weight is 483 g/mol. The fraction of sp³-hybridized carbons (Fsp3) is 0.500. The Kier molecular flexibility index (Phi) is 7.73. The molecule has 182 valence electrons. The van der Waals surface area contributed by atoms with Crippen molar-refractivity contribution in [1.29, 1.82) is 0 Å². The predicted octanol–water partition coefficient (Wildman–Crippen LogP) is 4.59. The Hall–Kier alpha value is -2.64. The highest BCUT2D eigenvalue weighted by molar-refractivity contribution is 6.31. The van der Waals surface area contributed by atoms with Gasteiger partial charge in [0.05, 0.1) is 5.69 Å². The minimum atomic E-state index is -0.104. The van der Waals surface area contributed by atoms with E-state index in [0.29, 0.717) is 35.6 Å². The fourth-order valence-electron chi connectivity index (χ4n) is 5.23. The molecule has 2 aromatic heterocycles. The summed E-state index contributed by atoms with van der Waals surface area (Å²) in [6, 6.07) is 6.88. The van der Waals surface area contributed by atoms with E-state index in [4.69, 9.17) is 11.6 Å². The average Bonchev–Trinajstić information content (AvgIpc) is 3.31. The number of nitrogens with one attached hydrogen (secondary N) is 2. The Bertz CT molecular complexity index is 1140. The summed E-state index contributed by atoms with van der Waals surface area (Å²) in [6.07, 6.45) is 8.72. The molecule has 34 heavy (non-hydrogen) atoms. The lowest BCUT2D eigenvalue weighted by Gasteiger charge is -2.40. The molecule has 2 N–H and O–H groups in total. The zero-order valence-corrected chi connectivity index (χ0v) is 21.3. The lowest BCUT2D eigenvalue weighted by molar-refractivity contribution is 0.0953. The molecule has 7 nitrogen and oxygen atoms in total. The van der Waals surface area contributed by atoms with Crippen LogP contribution in [0.15, 0.2) is 30.7 Å². The van der Waals surface area contributed by atoms with E-state index in [9.17, 15) is 4.79 Å². The van der Waals surface area contributed by atoms with Gasteiger partial charge in [0, 0.05) is 59.5 Å². The van der Waals surface area contributed by atoms with Gasteiger partial charge in [0.1, 0.15) is 12.0 Å². The van der Waals surface area contributed by atoms with Gasteiger partial charge in [-0.05, 0) is 77.4 Å². The van der Waals surface area contributed by atoms with Gasteiger partial charge in [-0.3, -0.25) is 4.79 Å². The van der Waals surface area contributed by atoms with Gasteiger partial charge in [0.15, 0.2) is 0 Å². The Morgan fingerprint density at radius 3 is 2.62 bits per heavy atom. The van der Waals surface area contributed by atoms with Crippen LogP contribution in [0, 0.1) is 6.92 Å². The summed E-state index contributed by atoms with van der Waals surface area (Å²) in [7, 11) is 4.33. The normalized spacial score (nSPS) is 18.4. The van der Waals surface area contributed by atoms with Crippen LogP contribution in [0.4, 0.5) is 5.69 Å². The van der Waals surface area contributed by atoms with Crippen LogP contribution < -0.4 is 10.2 Å². The van der Waals surface area contributed by atoms with Gasteiger partial charge in [-0.2, -0.15) is 0 Å². The molecule has 0 saturated heterocycles. The molecule has 1 aliphatic carbocycles.